The Morgan fingerprint density at radius 2 is 1.70 bits per heavy atom. The number of rotatable bonds is 10. The van der Waals surface area contributed by atoms with E-state index in [9.17, 15) is 9.90 Å². The van der Waals surface area contributed by atoms with Gasteiger partial charge in [0.25, 0.3) is 5.56 Å². The lowest BCUT2D eigenvalue weighted by molar-refractivity contribution is 0.180. The lowest BCUT2D eigenvalue weighted by Crippen LogP contribution is -2.20. The second kappa shape index (κ2) is 9.46. The molecule has 4 heteroatoms. The van der Waals surface area contributed by atoms with Gasteiger partial charge in [0, 0.05) is 6.54 Å². The first kappa shape index (κ1) is 17.7. The maximum absolute atomic E-state index is 12.3. The third kappa shape index (κ3) is 5.79. The van der Waals surface area contributed by atoms with Gasteiger partial charge in [0.2, 0.25) is 0 Å². The Hall–Kier alpha value is -1.68. The van der Waals surface area contributed by atoms with E-state index in [1.54, 1.807) is 10.9 Å². The summed E-state index contributed by atoms with van der Waals surface area (Å²) < 4.78 is 1.73. The fourth-order valence-electron chi connectivity index (χ4n) is 2.87. The van der Waals surface area contributed by atoms with Crippen molar-refractivity contribution in [2.75, 3.05) is 0 Å². The Morgan fingerprint density at radius 1 is 1.04 bits per heavy atom. The number of nitrogens with zero attached hydrogens (tertiary/aromatic N) is 2. The largest absolute Gasteiger partial charge is 0.393 e. The van der Waals surface area contributed by atoms with Gasteiger partial charge in [-0.25, -0.2) is 4.98 Å². The van der Waals surface area contributed by atoms with Gasteiger partial charge in [0.15, 0.2) is 0 Å². The molecule has 0 fully saturated rings. The van der Waals surface area contributed by atoms with Crippen molar-refractivity contribution >= 4 is 10.9 Å². The molecule has 1 aromatic carbocycles. The quantitative estimate of drug-likeness (QED) is 0.676. The molecule has 4 nitrogen and oxygen atoms in total. The predicted molar refractivity (Wildman–Crippen MR) is 94.6 cm³/mol. The first-order chi connectivity index (χ1) is 11.2. The van der Waals surface area contributed by atoms with Crippen LogP contribution in [0.1, 0.15) is 58.3 Å². The molecule has 1 aromatic heterocycles. The molecule has 1 N–H and O–H groups in total. The van der Waals surface area contributed by atoms with Crippen molar-refractivity contribution in [3.05, 3.63) is 40.9 Å². The molecule has 0 saturated heterocycles. The summed E-state index contributed by atoms with van der Waals surface area (Å²) in [4.78, 5) is 16.7. The van der Waals surface area contributed by atoms with Crippen molar-refractivity contribution < 1.29 is 5.11 Å². The van der Waals surface area contributed by atoms with E-state index in [0.29, 0.717) is 5.39 Å². The fraction of sp³-hybridized carbons (Fsp3) is 0.579. The molecule has 0 amide bonds. The normalized spacial score (nSPS) is 12.6. The Labute approximate surface area is 138 Å². The number of unbranched alkanes of at least 4 members (excludes halogenated alkanes) is 6. The Balaban J connectivity index is 1.65. The summed E-state index contributed by atoms with van der Waals surface area (Å²) in [5.74, 6) is 0. The number of aliphatic hydroxyl groups is 1. The zero-order valence-corrected chi connectivity index (χ0v) is 14.1. The molecule has 0 spiro atoms. The van der Waals surface area contributed by atoms with Crippen LogP contribution in [-0.4, -0.2) is 20.8 Å². The number of aryl methyl sites for hydroxylation is 1. The highest BCUT2D eigenvalue weighted by atomic mass is 16.3. The van der Waals surface area contributed by atoms with Gasteiger partial charge in [-0.2, -0.15) is 0 Å². The Kier molecular flexibility index (Phi) is 7.27. The van der Waals surface area contributed by atoms with Gasteiger partial charge >= 0.3 is 0 Å². The lowest BCUT2D eigenvalue weighted by Gasteiger charge is -2.07. The highest BCUT2D eigenvalue weighted by molar-refractivity contribution is 5.76. The van der Waals surface area contributed by atoms with E-state index < -0.39 is 0 Å². The van der Waals surface area contributed by atoms with Crippen LogP contribution in [0, 0.1) is 0 Å². The number of benzene rings is 1. The lowest BCUT2D eigenvalue weighted by atomic mass is 10.1. The zero-order valence-electron chi connectivity index (χ0n) is 14.1. The summed E-state index contributed by atoms with van der Waals surface area (Å²) >= 11 is 0. The van der Waals surface area contributed by atoms with Gasteiger partial charge in [-0.3, -0.25) is 9.36 Å². The van der Waals surface area contributed by atoms with Crippen LogP contribution in [-0.2, 0) is 6.54 Å². The smallest absolute Gasteiger partial charge is 0.261 e. The van der Waals surface area contributed by atoms with Crippen molar-refractivity contribution in [1.29, 1.82) is 0 Å². The average Bonchev–Trinajstić information content (AvgIpc) is 2.55. The summed E-state index contributed by atoms with van der Waals surface area (Å²) in [6.45, 7) is 2.60. The highest BCUT2D eigenvalue weighted by Crippen LogP contribution is 2.10. The molecule has 0 radical (unpaired) electrons. The van der Waals surface area contributed by atoms with Crippen LogP contribution in [0.15, 0.2) is 35.4 Å². The number of aliphatic hydroxyl groups excluding tert-OH is 1. The minimum atomic E-state index is -0.163. The van der Waals surface area contributed by atoms with Gasteiger partial charge < -0.3 is 5.11 Å². The van der Waals surface area contributed by atoms with Crippen molar-refractivity contribution in [1.82, 2.24) is 9.55 Å². The molecule has 126 valence electrons. The van der Waals surface area contributed by atoms with Gasteiger partial charge in [-0.1, -0.05) is 50.7 Å². The topological polar surface area (TPSA) is 55.1 Å². The summed E-state index contributed by atoms with van der Waals surface area (Å²) in [7, 11) is 0. The standard InChI is InChI=1S/C19H28N2O2/c1-16(22)11-7-5-3-2-4-6-10-14-21-15-20-18-13-9-8-12-17(18)19(21)23/h8-9,12-13,15-16,22H,2-7,10-11,14H2,1H3. The van der Waals surface area contributed by atoms with Gasteiger partial charge in [-0.05, 0) is 31.9 Å². The molecule has 2 aromatic rings. The third-order valence-corrected chi connectivity index (χ3v) is 4.25. The van der Waals surface area contributed by atoms with Crippen LogP contribution >= 0.6 is 0 Å². The van der Waals surface area contributed by atoms with E-state index in [2.05, 4.69) is 4.98 Å². The highest BCUT2D eigenvalue weighted by Gasteiger charge is 2.02. The van der Waals surface area contributed by atoms with Crippen molar-refractivity contribution in [3.63, 3.8) is 0 Å². The minimum Gasteiger partial charge on any atom is -0.393 e. The van der Waals surface area contributed by atoms with Crippen LogP contribution in [0.25, 0.3) is 10.9 Å². The first-order valence-electron chi connectivity index (χ1n) is 8.81. The van der Waals surface area contributed by atoms with E-state index in [4.69, 9.17) is 0 Å². The van der Waals surface area contributed by atoms with E-state index in [0.717, 1.165) is 37.7 Å². The maximum atomic E-state index is 12.3. The second-order valence-electron chi connectivity index (χ2n) is 6.37. The second-order valence-corrected chi connectivity index (χ2v) is 6.37. The number of aromatic nitrogens is 2. The van der Waals surface area contributed by atoms with E-state index >= 15 is 0 Å². The molecule has 2 rings (SSSR count). The van der Waals surface area contributed by atoms with E-state index in [-0.39, 0.29) is 11.7 Å². The molecule has 0 aliphatic carbocycles. The van der Waals surface area contributed by atoms with Crippen LogP contribution in [0.2, 0.25) is 0 Å². The molecule has 0 aliphatic rings. The molecule has 1 unspecified atom stereocenters. The number of para-hydroxylation sites is 1. The molecular formula is C19H28N2O2. The Bertz CT molecular complexity index is 649. The Morgan fingerprint density at radius 3 is 2.43 bits per heavy atom. The monoisotopic (exact) mass is 316 g/mol. The fourth-order valence-corrected chi connectivity index (χ4v) is 2.87. The molecule has 1 atom stereocenters. The predicted octanol–water partition coefficient (Wildman–Crippen LogP) is 3.90. The number of hydrogen-bond donors (Lipinski definition) is 1. The molecule has 0 aliphatic heterocycles. The van der Waals surface area contributed by atoms with Crippen molar-refractivity contribution in [2.45, 2.75) is 70.9 Å². The summed E-state index contributed by atoms with van der Waals surface area (Å²) in [5, 5.41) is 9.89. The van der Waals surface area contributed by atoms with Gasteiger partial charge in [0.05, 0.1) is 23.3 Å². The molecule has 1 heterocycles. The molecule has 0 bridgehead atoms. The summed E-state index contributed by atoms with van der Waals surface area (Å²) in [6.07, 6.45) is 10.6. The maximum Gasteiger partial charge on any atom is 0.261 e. The SMILES string of the molecule is CC(O)CCCCCCCCCn1cnc2ccccc2c1=O. The van der Waals surface area contributed by atoms with Gasteiger partial charge in [-0.15, -0.1) is 0 Å². The zero-order chi connectivity index (χ0) is 16.5. The minimum absolute atomic E-state index is 0.0636. The molecule has 0 saturated carbocycles. The summed E-state index contributed by atoms with van der Waals surface area (Å²) in [6, 6.07) is 7.50. The van der Waals surface area contributed by atoms with Crippen LogP contribution < -0.4 is 5.56 Å². The van der Waals surface area contributed by atoms with Crippen molar-refractivity contribution in [3.8, 4) is 0 Å². The van der Waals surface area contributed by atoms with Crippen molar-refractivity contribution in [2.24, 2.45) is 0 Å². The summed E-state index contributed by atoms with van der Waals surface area (Å²) in [5.41, 5.74) is 0.833. The number of hydrogen-bond acceptors (Lipinski definition) is 3. The number of fused-ring (bicyclic) bond motifs is 1. The van der Waals surface area contributed by atoms with E-state index in [1.165, 1.54) is 25.7 Å². The van der Waals surface area contributed by atoms with Crippen LogP contribution in [0.4, 0.5) is 0 Å². The molecule has 23 heavy (non-hydrogen) atoms. The van der Waals surface area contributed by atoms with Crippen LogP contribution in [0.3, 0.4) is 0 Å². The van der Waals surface area contributed by atoms with Gasteiger partial charge in [0.1, 0.15) is 0 Å². The first-order valence-corrected chi connectivity index (χ1v) is 8.81. The molecular weight excluding hydrogens is 288 g/mol. The van der Waals surface area contributed by atoms with E-state index in [1.807, 2.05) is 31.2 Å². The third-order valence-electron chi connectivity index (χ3n) is 4.25. The average molecular weight is 316 g/mol. The van der Waals surface area contributed by atoms with Crippen LogP contribution in [0.5, 0.6) is 0 Å².